The zero-order valence-corrected chi connectivity index (χ0v) is 16.4. The molecule has 0 saturated carbocycles. The van der Waals surface area contributed by atoms with Gasteiger partial charge in [-0.1, -0.05) is 12.1 Å². The fraction of sp³-hybridized carbons (Fsp3) is 0.318. The van der Waals surface area contributed by atoms with Crippen molar-refractivity contribution in [1.29, 1.82) is 0 Å². The van der Waals surface area contributed by atoms with E-state index in [0.29, 0.717) is 11.5 Å². The van der Waals surface area contributed by atoms with Gasteiger partial charge in [0.25, 0.3) is 0 Å². The Morgan fingerprint density at radius 2 is 1.93 bits per heavy atom. The average Bonchev–Trinajstić information content (AvgIpc) is 3.07. The van der Waals surface area contributed by atoms with Crippen molar-refractivity contribution in [3.05, 3.63) is 58.8 Å². The normalized spacial score (nSPS) is 12.0. The molecule has 0 aliphatic heterocycles. The van der Waals surface area contributed by atoms with Gasteiger partial charge < -0.3 is 19.2 Å². The van der Waals surface area contributed by atoms with Crippen molar-refractivity contribution in [2.45, 2.75) is 33.2 Å². The third-order valence-electron chi connectivity index (χ3n) is 4.98. The van der Waals surface area contributed by atoms with E-state index in [1.165, 1.54) is 5.56 Å². The van der Waals surface area contributed by atoms with E-state index < -0.39 is 0 Å². The lowest BCUT2D eigenvalue weighted by atomic mass is 10.0. The molecule has 0 aliphatic rings. The molecule has 27 heavy (non-hydrogen) atoms. The van der Waals surface area contributed by atoms with Crippen LogP contribution in [0.1, 0.15) is 35.2 Å². The van der Waals surface area contributed by atoms with Crippen molar-refractivity contribution in [2.75, 3.05) is 14.2 Å². The average molecular weight is 367 g/mol. The number of aryl methyl sites for hydroxylation is 2. The van der Waals surface area contributed by atoms with Crippen LogP contribution in [0.25, 0.3) is 11.0 Å². The second kappa shape index (κ2) is 7.74. The van der Waals surface area contributed by atoms with Crippen molar-refractivity contribution in [2.24, 2.45) is 0 Å². The van der Waals surface area contributed by atoms with Gasteiger partial charge in [0.2, 0.25) is 5.91 Å². The Labute approximate surface area is 159 Å². The molecule has 0 saturated heterocycles. The van der Waals surface area contributed by atoms with Crippen LogP contribution in [0.2, 0.25) is 0 Å². The maximum absolute atomic E-state index is 12.6. The summed E-state index contributed by atoms with van der Waals surface area (Å²) in [6.07, 6.45) is 1.94. The molecule has 1 N–H and O–H groups in total. The van der Waals surface area contributed by atoms with Crippen LogP contribution in [-0.2, 0) is 11.2 Å². The van der Waals surface area contributed by atoms with Crippen LogP contribution in [-0.4, -0.2) is 20.1 Å². The van der Waals surface area contributed by atoms with Crippen LogP contribution in [0.5, 0.6) is 11.5 Å². The highest BCUT2D eigenvalue weighted by atomic mass is 16.5. The lowest BCUT2D eigenvalue weighted by Crippen LogP contribution is -2.28. The molecule has 0 aliphatic carbocycles. The molecule has 3 rings (SSSR count). The molecule has 142 valence electrons. The van der Waals surface area contributed by atoms with Gasteiger partial charge in [-0.2, -0.15) is 0 Å². The van der Waals surface area contributed by atoms with Crippen molar-refractivity contribution >= 4 is 16.9 Å². The van der Waals surface area contributed by atoms with Crippen LogP contribution < -0.4 is 14.8 Å². The van der Waals surface area contributed by atoms with E-state index in [2.05, 4.69) is 11.4 Å². The fourth-order valence-corrected chi connectivity index (χ4v) is 3.24. The summed E-state index contributed by atoms with van der Waals surface area (Å²) in [7, 11) is 3.22. The van der Waals surface area contributed by atoms with Gasteiger partial charge in [-0.05, 0) is 44.0 Å². The number of benzene rings is 2. The lowest BCUT2D eigenvalue weighted by Gasteiger charge is -2.18. The maximum Gasteiger partial charge on any atom is 0.225 e. The molecule has 1 heterocycles. The highest BCUT2D eigenvalue weighted by Gasteiger charge is 2.17. The number of carbonyl (C=O) groups is 1. The Morgan fingerprint density at radius 3 is 2.63 bits per heavy atom. The number of hydrogen-bond donors (Lipinski definition) is 1. The quantitative estimate of drug-likeness (QED) is 0.697. The topological polar surface area (TPSA) is 60.7 Å². The number of ether oxygens (including phenoxy) is 2. The van der Waals surface area contributed by atoms with E-state index in [1.807, 2.05) is 45.0 Å². The van der Waals surface area contributed by atoms with E-state index in [1.54, 1.807) is 20.5 Å². The molecule has 0 spiro atoms. The zero-order chi connectivity index (χ0) is 19.6. The van der Waals surface area contributed by atoms with Crippen LogP contribution in [0.15, 0.2) is 41.0 Å². The Balaban J connectivity index is 1.75. The molecule has 5 heteroatoms. The summed E-state index contributed by atoms with van der Waals surface area (Å²) in [6, 6.07) is 9.45. The summed E-state index contributed by atoms with van der Waals surface area (Å²) in [6.45, 7) is 6.01. The summed E-state index contributed by atoms with van der Waals surface area (Å²) < 4.78 is 16.4. The Kier molecular flexibility index (Phi) is 5.40. The van der Waals surface area contributed by atoms with Gasteiger partial charge in [-0.25, -0.2) is 0 Å². The molecule has 1 aromatic heterocycles. The van der Waals surface area contributed by atoms with E-state index in [0.717, 1.165) is 27.7 Å². The largest absolute Gasteiger partial charge is 0.497 e. The van der Waals surface area contributed by atoms with Crippen molar-refractivity contribution in [3.63, 3.8) is 0 Å². The second-order valence-electron chi connectivity index (χ2n) is 6.72. The number of amides is 1. The molecular formula is C22H25NO4. The Morgan fingerprint density at radius 1 is 1.15 bits per heavy atom. The molecule has 3 aromatic rings. The van der Waals surface area contributed by atoms with E-state index in [4.69, 9.17) is 13.9 Å². The van der Waals surface area contributed by atoms with E-state index in [-0.39, 0.29) is 18.4 Å². The van der Waals surface area contributed by atoms with Crippen LogP contribution in [0.4, 0.5) is 0 Å². The first-order valence-electron chi connectivity index (χ1n) is 8.92. The second-order valence-corrected chi connectivity index (χ2v) is 6.72. The Hall–Kier alpha value is -2.95. The fourth-order valence-electron chi connectivity index (χ4n) is 3.24. The Bertz CT molecular complexity index is 974. The van der Waals surface area contributed by atoms with Gasteiger partial charge in [0, 0.05) is 22.6 Å². The monoisotopic (exact) mass is 367 g/mol. The van der Waals surface area contributed by atoms with Crippen LogP contribution >= 0.6 is 0 Å². The van der Waals surface area contributed by atoms with Gasteiger partial charge in [0.1, 0.15) is 17.1 Å². The minimum Gasteiger partial charge on any atom is -0.497 e. The highest BCUT2D eigenvalue weighted by molar-refractivity contribution is 5.89. The standard InChI is InChI=1S/C22H25NO4/c1-13-6-8-19-16(12-27-22(19)14(13)2)10-21(24)23-15(3)18-9-7-17(25-4)11-20(18)26-5/h6-9,11-12,15H,10H2,1-5H3,(H,23,24). The molecular weight excluding hydrogens is 342 g/mol. The minimum absolute atomic E-state index is 0.0682. The summed E-state index contributed by atoms with van der Waals surface area (Å²) in [5, 5.41) is 4.02. The number of rotatable bonds is 6. The van der Waals surface area contributed by atoms with Gasteiger partial charge in [0.05, 0.1) is 32.9 Å². The van der Waals surface area contributed by atoms with Crippen molar-refractivity contribution < 1.29 is 18.7 Å². The van der Waals surface area contributed by atoms with Gasteiger partial charge in [-0.3, -0.25) is 4.79 Å². The third kappa shape index (κ3) is 3.77. The molecule has 0 fully saturated rings. The van der Waals surface area contributed by atoms with Crippen molar-refractivity contribution in [1.82, 2.24) is 5.32 Å². The molecule has 5 nitrogen and oxygen atoms in total. The highest BCUT2D eigenvalue weighted by Crippen LogP contribution is 2.30. The first-order chi connectivity index (χ1) is 12.9. The third-order valence-corrected chi connectivity index (χ3v) is 4.98. The number of nitrogens with one attached hydrogen (secondary N) is 1. The van der Waals surface area contributed by atoms with Crippen LogP contribution in [0, 0.1) is 13.8 Å². The number of methoxy groups -OCH3 is 2. The van der Waals surface area contributed by atoms with Gasteiger partial charge in [-0.15, -0.1) is 0 Å². The van der Waals surface area contributed by atoms with Crippen molar-refractivity contribution in [3.8, 4) is 11.5 Å². The molecule has 1 unspecified atom stereocenters. The number of fused-ring (bicyclic) bond motifs is 1. The zero-order valence-electron chi connectivity index (χ0n) is 16.4. The summed E-state index contributed by atoms with van der Waals surface area (Å²) in [5.74, 6) is 1.33. The smallest absolute Gasteiger partial charge is 0.225 e. The molecule has 0 bridgehead atoms. The predicted octanol–water partition coefficient (Wildman–Crippen LogP) is 4.49. The molecule has 2 aromatic carbocycles. The first kappa shape index (κ1) is 18.8. The predicted molar refractivity (Wildman–Crippen MR) is 105 cm³/mol. The number of hydrogen-bond acceptors (Lipinski definition) is 4. The summed E-state index contributed by atoms with van der Waals surface area (Å²) >= 11 is 0. The van der Waals surface area contributed by atoms with E-state index in [9.17, 15) is 4.79 Å². The SMILES string of the molecule is COc1ccc(C(C)NC(=O)Cc2coc3c(C)c(C)ccc23)c(OC)c1. The maximum atomic E-state index is 12.6. The number of carbonyl (C=O) groups excluding carboxylic acids is 1. The summed E-state index contributed by atoms with van der Waals surface area (Å²) in [4.78, 5) is 12.6. The minimum atomic E-state index is -0.194. The van der Waals surface area contributed by atoms with Crippen LogP contribution in [0.3, 0.4) is 0 Å². The molecule has 1 atom stereocenters. The van der Waals surface area contributed by atoms with Gasteiger partial charge in [0.15, 0.2) is 0 Å². The molecule has 1 amide bonds. The lowest BCUT2D eigenvalue weighted by molar-refractivity contribution is -0.121. The first-order valence-corrected chi connectivity index (χ1v) is 8.92. The van der Waals surface area contributed by atoms with Gasteiger partial charge >= 0.3 is 0 Å². The number of furan rings is 1. The summed E-state index contributed by atoms with van der Waals surface area (Å²) in [5.41, 5.74) is 4.92. The molecule has 0 radical (unpaired) electrons. The van der Waals surface area contributed by atoms with E-state index >= 15 is 0 Å².